The summed E-state index contributed by atoms with van der Waals surface area (Å²) < 4.78 is 0.887. The summed E-state index contributed by atoms with van der Waals surface area (Å²) in [5, 5.41) is 15.0. The Labute approximate surface area is 124 Å². The van der Waals surface area contributed by atoms with Crippen LogP contribution in [0.5, 0.6) is 0 Å². The summed E-state index contributed by atoms with van der Waals surface area (Å²) in [6.45, 7) is 0. The van der Waals surface area contributed by atoms with Crippen LogP contribution in [0.15, 0.2) is 18.2 Å². The largest absolute Gasteiger partial charge is 0.376 e. The molecule has 18 heavy (non-hydrogen) atoms. The Morgan fingerprint density at radius 2 is 2.28 bits per heavy atom. The van der Waals surface area contributed by atoms with E-state index in [0.717, 1.165) is 9.99 Å². The number of nitro benzene ring substituents is 1. The van der Waals surface area contributed by atoms with Crippen LogP contribution in [0.2, 0.25) is 0 Å². The van der Waals surface area contributed by atoms with Gasteiger partial charge in [-0.2, -0.15) is 11.8 Å². The van der Waals surface area contributed by atoms with E-state index >= 15 is 0 Å². The first-order valence-electron chi connectivity index (χ1n) is 5.85. The van der Waals surface area contributed by atoms with Crippen LogP contribution >= 0.6 is 34.4 Å². The first-order chi connectivity index (χ1) is 8.61. The topological polar surface area (TPSA) is 55.2 Å². The van der Waals surface area contributed by atoms with Crippen LogP contribution < -0.4 is 5.32 Å². The van der Waals surface area contributed by atoms with E-state index in [2.05, 4.69) is 34.2 Å². The molecule has 2 unspecified atom stereocenters. The molecule has 1 aromatic carbocycles. The highest BCUT2D eigenvalue weighted by Crippen LogP contribution is 2.34. The van der Waals surface area contributed by atoms with Crippen molar-refractivity contribution >= 4 is 45.7 Å². The lowest BCUT2D eigenvalue weighted by Gasteiger charge is -2.20. The summed E-state index contributed by atoms with van der Waals surface area (Å²) in [6, 6.07) is 5.68. The van der Waals surface area contributed by atoms with E-state index in [1.807, 2.05) is 23.9 Å². The molecule has 0 bridgehead atoms. The van der Waals surface area contributed by atoms with Gasteiger partial charge in [-0.15, -0.1) is 0 Å². The van der Waals surface area contributed by atoms with Gasteiger partial charge in [0, 0.05) is 20.9 Å². The zero-order chi connectivity index (χ0) is 13.1. The van der Waals surface area contributed by atoms with Crippen molar-refractivity contribution in [3.8, 4) is 0 Å². The molecule has 1 fully saturated rings. The van der Waals surface area contributed by atoms with Gasteiger partial charge in [0.15, 0.2) is 0 Å². The van der Waals surface area contributed by atoms with Crippen molar-refractivity contribution in [2.45, 2.75) is 30.6 Å². The molecular weight excluding hydrogens is 363 g/mol. The lowest BCUT2D eigenvalue weighted by atomic mass is 10.2. The molecular formula is C12H15IN2O2S. The molecule has 1 aliphatic carbocycles. The number of nitrogens with one attached hydrogen (secondary N) is 1. The standard InChI is InChI=1S/C12H15IN2O2S/c1-18-12-4-2-3-10(12)14-9-6-5-8(13)7-11(9)15(16)17/h5-7,10,12,14H,2-4H2,1H3. The predicted molar refractivity (Wildman–Crippen MR) is 84.4 cm³/mol. The molecule has 1 N–H and O–H groups in total. The van der Waals surface area contributed by atoms with Crippen LogP contribution in [-0.4, -0.2) is 22.5 Å². The normalized spacial score (nSPS) is 23.0. The maximum absolute atomic E-state index is 11.1. The first-order valence-corrected chi connectivity index (χ1v) is 8.21. The van der Waals surface area contributed by atoms with Gasteiger partial charge in [0.25, 0.3) is 5.69 Å². The first kappa shape index (κ1) is 13.9. The third kappa shape index (κ3) is 3.09. The van der Waals surface area contributed by atoms with Crippen LogP contribution in [-0.2, 0) is 0 Å². The zero-order valence-corrected chi connectivity index (χ0v) is 13.0. The van der Waals surface area contributed by atoms with E-state index < -0.39 is 0 Å². The molecule has 2 atom stereocenters. The number of thioether (sulfide) groups is 1. The minimum absolute atomic E-state index is 0.175. The fourth-order valence-corrected chi connectivity index (χ4v) is 3.76. The molecule has 98 valence electrons. The molecule has 0 heterocycles. The van der Waals surface area contributed by atoms with Crippen molar-refractivity contribution in [1.29, 1.82) is 0 Å². The average Bonchev–Trinajstić information content (AvgIpc) is 2.78. The molecule has 0 spiro atoms. The Morgan fingerprint density at radius 1 is 1.50 bits per heavy atom. The molecule has 1 saturated carbocycles. The molecule has 0 amide bonds. The third-order valence-corrected chi connectivity index (χ3v) is 5.09. The molecule has 6 heteroatoms. The molecule has 1 aromatic rings. The number of anilines is 1. The van der Waals surface area contributed by atoms with Crippen molar-refractivity contribution in [3.05, 3.63) is 31.9 Å². The highest BCUT2D eigenvalue weighted by molar-refractivity contribution is 14.1. The second-order valence-electron chi connectivity index (χ2n) is 4.37. The number of hydrogen-bond acceptors (Lipinski definition) is 4. The number of nitrogens with zero attached hydrogens (tertiary/aromatic N) is 1. The Bertz CT molecular complexity index is 456. The van der Waals surface area contributed by atoms with Gasteiger partial charge in [-0.25, -0.2) is 0 Å². The van der Waals surface area contributed by atoms with Crippen LogP contribution in [0, 0.1) is 13.7 Å². The van der Waals surface area contributed by atoms with Crippen molar-refractivity contribution < 1.29 is 4.92 Å². The van der Waals surface area contributed by atoms with E-state index in [0.29, 0.717) is 17.0 Å². The van der Waals surface area contributed by atoms with E-state index in [1.165, 1.54) is 12.8 Å². The fraction of sp³-hybridized carbons (Fsp3) is 0.500. The summed E-state index contributed by atoms with van der Waals surface area (Å²) in [5.41, 5.74) is 0.819. The fourth-order valence-electron chi connectivity index (χ4n) is 2.35. The van der Waals surface area contributed by atoms with Gasteiger partial charge >= 0.3 is 0 Å². The van der Waals surface area contributed by atoms with Gasteiger partial charge in [0.05, 0.1) is 4.92 Å². The van der Waals surface area contributed by atoms with Crippen molar-refractivity contribution in [2.75, 3.05) is 11.6 Å². The summed E-state index contributed by atoms with van der Waals surface area (Å²) in [7, 11) is 0. The van der Waals surface area contributed by atoms with E-state index in [-0.39, 0.29) is 10.6 Å². The SMILES string of the molecule is CSC1CCCC1Nc1ccc(I)cc1[N+](=O)[O-]. The summed E-state index contributed by atoms with van der Waals surface area (Å²) in [5.74, 6) is 0. The maximum Gasteiger partial charge on any atom is 0.293 e. The Balaban J connectivity index is 2.20. The van der Waals surface area contributed by atoms with E-state index in [9.17, 15) is 10.1 Å². The van der Waals surface area contributed by atoms with Crippen molar-refractivity contribution in [3.63, 3.8) is 0 Å². The Hall–Kier alpha value is -0.500. The maximum atomic E-state index is 11.1. The number of benzene rings is 1. The minimum Gasteiger partial charge on any atom is -0.376 e. The summed E-state index contributed by atoms with van der Waals surface area (Å²) in [4.78, 5) is 10.7. The number of rotatable bonds is 4. The highest BCUT2D eigenvalue weighted by atomic mass is 127. The molecule has 4 nitrogen and oxygen atoms in total. The van der Waals surface area contributed by atoms with Gasteiger partial charge in [-0.3, -0.25) is 10.1 Å². The van der Waals surface area contributed by atoms with Gasteiger partial charge < -0.3 is 5.32 Å². The minimum atomic E-state index is -0.312. The molecule has 2 rings (SSSR count). The van der Waals surface area contributed by atoms with Gasteiger partial charge in [-0.1, -0.05) is 6.42 Å². The molecule has 0 saturated heterocycles. The molecule has 1 aliphatic rings. The Morgan fingerprint density at radius 3 is 2.94 bits per heavy atom. The smallest absolute Gasteiger partial charge is 0.293 e. The second-order valence-corrected chi connectivity index (χ2v) is 6.70. The average molecular weight is 378 g/mol. The van der Waals surface area contributed by atoms with E-state index in [1.54, 1.807) is 6.07 Å². The van der Waals surface area contributed by atoms with Crippen LogP contribution in [0.1, 0.15) is 19.3 Å². The summed E-state index contributed by atoms with van der Waals surface area (Å²) in [6.07, 6.45) is 5.58. The number of nitro groups is 1. The second kappa shape index (κ2) is 6.10. The Kier molecular flexibility index (Phi) is 4.71. The lowest BCUT2D eigenvalue weighted by molar-refractivity contribution is -0.384. The van der Waals surface area contributed by atoms with Crippen LogP contribution in [0.3, 0.4) is 0 Å². The van der Waals surface area contributed by atoms with Gasteiger partial charge in [0.2, 0.25) is 0 Å². The number of hydrogen-bond donors (Lipinski definition) is 1. The zero-order valence-electron chi connectivity index (χ0n) is 10.1. The van der Waals surface area contributed by atoms with Gasteiger partial charge in [-0.05, 0) is 53.8 Å². The highest BCUT2D eigenvalue weighted by Gasteiger charge is 2.28. The lowest BCUT2D eigenvalue weighted by Crippen LogP contribution is -2.26. The molecule has 0 aliphatic heterocycles. The third-order valence-electron chi connectivity index (χ3n) is 3.25. The van der Waals surface area contributed by atoms with Gasteiger partial charge in [0.1, 0.15) is 5.69 Å². The monoisotopic (exact) mass is 378 g/mol. The number of halogens is 1. The van der Waals surface area contributed by atoms with Crippen LogP contribution in [0.4, 0.5) is 11.4 Å². The molecule has 0 radical (unpaired) electrons. The quantitative estimate of drug-likeness (QED) is 0.491. The summed E-state index contributed by atoms with van der Waals surface area (Å²) >= 11 is 3.94. The van der Waals surface area contributed by atoms with Crippen molar-refractivity contribution in [1.82, 2.24) is 0 Å². The van der Waals surface area contributed by atoms with E-state index in [4.69, 9.17) is 0 Å². The predicted octanol–water partition coefficient (Wildman–Crippen LogP) is 3.90. The van der Waals surface area contributed by atoms with Crippen LogP contribution in [0.25, 0.3) is 0 Å². The molecule has 0 aromatic heterocycles. The van der Waals surface area contributed by atoms with Crippen molar-refractivity contribution in [2.24, 2.45) is 0 Å².